The largest absolute Gasteiger partial charge is 0.309 e. The Bertz CT molecular complexity index is 3910. The van der Waals surface area contributed by atoms with E-state index in [1.807, 2.05) is 0 Å². The van der Waals surface area contributed by atoms with Crippen molar-refractivity contribution in [2.24, 2.45) is 0 Å². The van der Waals surface area contributed by atoms with Crippen molar-refractivity contribution in [3.8, 4) is 39.3 Å². The molecule has 13 aromatic rings. The molecule has 0 saturated carbocycles. The van der Waals surface area contributed by atoms with Crippen molar-refractivity contribution in [3.63, 3.8) is 0 Å². The fraction of sp³-hybridized carbons (Fsp3) is 0. The quantitative estimate of drug-likeness (QED) is 0.178. The highest BCUT2D eigenvalue weighted by atomic mass is 15.0. The molecule has 13 rings (SSSR count). The molecule has 0 saturated heterocycles. The summed E-state index contributed by atoms with van der Waals surface area (Å²) < 4.78 is 4.82. The van der Waals surface area contributed by atoms with Crippen LogP contribution in [-0.4, -0.2) is 23.9 Å². The van der Waals surface area contributed by atoms with Crippen LogP contribution < -0.4 is 0 Å². The van der Waals surface area contributed by atoms with E-state index in [1.165, 1.54) is 16.3 Å². The number of nitrogens with zero attached hydrogens (tertiary/aromatic N) is 5. The van der Waals surface area contributed by atoms with Crippen molar-refractivity contribution < 1.29 is 0 Å². The lowest BCUT2D eigenvalue weighted by Gasteiger charge is -2.11. The van der Waals surface area contributed by atoms with Crippen LogP contribution in [0.5, 0.6) is 0 Å². The van der Waals surface area contributed by atoms with E-state index in [0.717, 1.165) is 87.9 Å². The number of hydrogen-bond acceptors (Lipinski definition) is 3. The van der Waals surface area contributed by atoms with Crippen molar-refractivity contribution in [2.75, 3.05) is 0 Å². The van der Waals surface area contributed by atoms with Crippen LogP contribution in [0, 0.1) is 0 Å². The Kier molecular flexibility index (Phi) is 7.54. The molecule has 0 aliphatic rings. The lowest BCUT2D eigenvalue weighted by atomic mass is 9.96. The molecule has 0 unspecified atom stereocenters. The van der Waals surface area contributed by atoms with Crippen molar-refractivity contribution in [3.05, 3.63) is 212 Å². The summed E-state index contributed by atoms with van der Waals surface area (Å²) in [5.41, 5.74) is 13.4. The Morgan fingerprint density at radius 2 is 0.855 bits per heavy atom. The standard InChI is InChI=1S/C57H35N5/c1-4-14-36(15-5-1)42-29-43(37-16-6-2-7-17-37)31-44(30-42)57-59-55-40-20-12-18-38(28-40)39-19-13-23-46(32-39)62-51-25-11-10-24-47(51)49-34-54-50(35-53(49)62)48-33-41(56(58-55)60-57)26-27-52(48)61(54)45-21-8-3-9-22-45/h1-35H. The first-order chi connectivity index (χ1) is 30.7. The Morgan fingerprint density at radius 3 is 1.60 bits per heavy atom. The van der Waals surface area contributed by atoms with Gasteiger partial charge in [0.2, 0.25) is 0 Å². The van der Waals surface area contributed by atoms with Gasteiger partial charge in [0.15, 0.2) is 17.1 Å². The van der Waals surface area contributed by atoms with Gasteiger partial charge >= 0.3 is 0 Å². The molecule has 5 nitrogen and oxygen atoms in total. The summed E-state index contributed by atoms with van der Waals surface area (Å²) in [6.45, 7) is 0. The van der Waals surface area contributed by atoms with Gasteiger partial charge in [0.25, 0.3) is 0 Å². The maximum atomic E-state index is 5.35. The third kappa shape index (κ3) is 5.45. The van der Waals surface area contributed by atoms with Crippen molar-refractivity contribution in [1.29, 1.82) is 0 Å². The van der Waals surface area contributed by atoms with Crippen molar-refractivity contribution in [2.45, 2.75) is 0 Å². The van der Waals surface area contributed by atoms with Gasteiger partial charge in [0.05, 0.1) is 22.1 Å². The summed E-state index contributed by atoms with van der Waals surface area (Å²) in [7, 11) is 0. The van der Waals surface area contributed by atoms with E-state index in [2.05, 4.69) is 221 Å². The maximum absolute atomic E-state index is 5.35. The van der Waals surface area contributed by atoms with E-state index in [9.17, 15) is 0 Å². The summed E-state index contributed by atoms with van der Waals surface area (Å²) in [6, 6.07) is 76.1. The van der Waals surface area contributed by atoms with E-state index in [4.69, 9.17) is 15.0 Å². The molecule has 0 aliphatic heterocycles. The Hall–Kier alpha value is -8.41. The van der Waals surface area contributed by atoms with Crippen LogP contribution in [0.1, 0.15) is 0 Å². The molecule has 0 atom stereocenters. The van der Waals surface area contributed by atoms with Gasteiger partial charge in [-0.1, -0.05) is 127 Å². The minimum absolute atomic E-state index is 0.617. The van der Waals surface area contributed by atoms with Gasteiger partial charge in [0, 0.05) is 49.1 Å². The number of rotatable bonds is 4. The van der Waals surface area contributed by atoms with Crippen LogP contribution in [0.4, 0.5) is 0 Å². The highest BCUT2D eigenvalue weighted by molar-refractivity contribution is 6.20. The van der Waals surface area contributed by atoms with Crippen molar-refractivity contribution in [1.82, 2.24) is 23.9 Å². The highest BCUT2D eigenvalue weighted by Gasteiger charge is 2.19. The zero-order valence-electron chi connectivity index (χ0n) is 33.4. The van der Waals surface area contributed by atoms with E-state index in [1.54, 1.807) is 0 Å². The minimum Gasteiger partial charge on any atom is -0.309 e. The number of benzene rings is 9. The molecule has 62 heavy (non-hydrogen) atoms. The van der Waals surface area contributed by atoms with Gasteiger partial charge in [-0.05, 0) is 118 Å². The number of para-hydroxylation sites is 2. The van der Waals surface area contributed by atoms with E-state index < -0.39 is 0 Å². The highest BCUT2D eigenvalue weighted by Crippen LogP contribution is 2.40. The molecule has 0 spiro atoms. The van der Waals surface area contributed by atoms with E-state index >= 15 is 0 Å². The molecule has 0 aliphatic carbocycles. The fourth-order valence-electron chi connectivity index (χ4n) is 9.53. The molecule has 0 fully saturated rings. The van der Waals surface area contributed by atoms with Gasteiger partial charge in [-0.2, -0.15) is 0 Å². The summed E-state index contributed by atoms with van der Waals surface area (Å²) in [4.78, 5) is 16.0. The molecule has 10 bridgehead atoms. The average Bonchev–Trinajstić information content (AvgIpc) is 3.85. The molecule has 0 radical (unpaired) electrons. The third-order valence-corrected chi connectivity index (χ3v) is 12.4. The first kappa shape index (κ1) is 34.5. The minimum atomic E-state index is 0.617. The Morgan fingerprint density at radius 1 is 0.290 bits per heavy atom. The molecule has 9 aromatic carbocycles. The van der Waals surface area contributed by atoms with Gasteiger partial charge in [-0.25, -0.2) is 15.0 Å². The number of aromatic nitrogens is 5. The first-order valence-corrected chi connectivity index (χ1v) is 21.0. The van der Waals surface area contributed by atoms with Crippen LogP contribution in [0.3, 0.4) is 0 Å². The lowest BCUT2D eigenvalue weighted by molar-refractivity contribution is 1.18. The molecule has 0 amide bonds. The van der Waals surface area contributed by atoms with Crippen LogP contribution in [-0.2, 0) is 0 Å². The summed E-state index contributed by atoms with van der Waals surface area (Å²) >= 11 is 0. The van der Waals surface area contributed by atoms with Crippen LogP contribution in [0.2, 0.25) is 0 Å². The SMILES string of the molecule is c1ccc(-c2cc(-c3ccccc3)cc(-c3nc4nc(n3)c3ccc5c(c3)c3cc6c(cc3n5-c3ccccc3)c3ccccc3n6c3cccc(c3)c3cccc4c3)c2)cc1. The Balaban J connectivity index is 1.20. The smallest absolute Gasteiger partial charge is 0.164 e. The topological polar surface area (TPSA) is 48.0 Å². The molecule has 0 N–H and O–H groups in total. The average molecular weight is 790 g/mol. The Labute approximate surface area is 356 Å². The molecular formula is C57H35N5. The summed E-state index contributed by atoms with van der Waals surface area (Å²) in [6.07, 6.45) is 0. The molecule has 5 heteroatoms. The lowest BCUT2D eigenvalue weighted by Crippen LogP contribution is -1.96. The second-order valence-corrected chi connectivity index (χ2v) is 16.1. The summed E-state index contributed by atoms with van der Waals surface area (Å²) in [5, 5.41) is 8.76. The fourth-order valence-corrected chi connectivity index (χ4v) is 9.53. The van der Waals surface area contributed by atoms with Crippen LogP contribution >= 0.6 is 0 Å². The third-order valence-electron chi connectivity index (χ3n) is 12.4. The zero-order valence-corrected chi connectivity index (χ0v) is 33.4. The van der Waals surface area contributed by atoms with E-state index in [0.29, 0.717) is 17.1 Å². The van der Waals surface area contributed by atoms with E-state index in [-0.39, 0.29) is 0 Å². The van der Waals surface area contributed by atoms with Crippen LogP contribution in [0.15, 0.2) is 212 Å². The predicted octanol–water partition coefficient (Wildman–Crippen LogP) is 14.6. The molecular weight excluding hydrogens is 755 g/mol. The monoisotopic (exact) mass is 789 g/mol. The second-order valence-electron chi connectivity index (χ2n) is 16.1. The normalized spacial score (nSPS) is 11.9. The van der Waals surface area contributed by atoms with Gasteiger partial charge in [0.1, 0.15) is 0 Å². The van der Waals surface area contributed by atoms with Gasteiger partial charge in [-0.3, -0.25) is 0 Å². The predicted molar refractivity (Wildman–Crippen MR) is 258 cm³/mol. The molecule has 4 heterocycles. The number of hydrogen-bond donors (Lipinski definition) is 0. The zero-order chi connectivity index (χ0) is 40.7. The van der Waals surface area contributed by atoms with Crippen LogP contribution in [0.25, 0.3) is 121 Å². The molecule has 4 aromatic heterocycles. The van der Waals surface area contributed by atoms with Gasteiger partial charge < -0.3 is 8.97 Å². The molecule has 288 valence electrons. The van der Waals surface area contributed by atoms with Crippen molar-refractivity contribution >= 4 is 82.0 Å². The van der Waals surface area contributed by atoms with Gasteiger partial charge in [-0.15, -0.1) is 0 Å². The number of fused-ring (bicyclic) bond motifs is 14. The second kappa shape index (κ2) is 13.6. The summed E-state index contributed by atoms with van der Waals surface area (Å²) in [5.74, 6) is 0.617. The maximum Gasteiger partial charge on any atom is 0.164 e. The first-order valence-electron chi connectivity index (χ1n) is 21.0.